The van der Waals surface area contributed by atoms with Gasteiger partial charge in [0.25, 0.3) is 0 Å². The van der Waals surface area contributed by atoms with Crippen LogP contribution in [-0.4, -0.2) is 20.2 Å². The van der Waals surface area contributed by atoms with Gasteiger partial charge in [0.2, 0.25) is 0 Å². The molecule has 0 unspecified atom stereocenters. The predicted octanol–water partition coefficient (Wildman–Crippen LogP) is 1.13. The molecule has 1 aromatic heterocycles. The molecule has 0 fully saturated rings. The summed E-state index contributed by atoms with van der Waals surface area (Å²) in [5.74, 6) is -0.00468. The maximum absolute atomic E-state index is 11.1. The second-order valence-electron chi connectivity index (χ2n) is 2.03. The highest BCUT2D eigenvalue weighted by molar-refractivity contribution is 7.14. The summed E-state index contributed by atoms with van der Waals surface area (Å²) in [7, 11) is 2.78. The molecule has 0 atom stereocenters. The monoisotopic (exact) mass is 187 g/mol. The van der Waals surface area contributed by atoms with Crippen LogP contribution >= 0.6 is 11.3 Å². The van der Waals surface area contributed by atoms with Crippen molar-refractivity contribution in [3.05, 3.63) is 10.9 Å². The Morgan fingerprint density at radius 2 is 2.25 bits per heavy atom. The number of carbonyl (C=O) groups excluding carboxylic acids is 1. The Morgan fingerprint density at radius 3 is 2.75 bits per heavy atom. The number of ether oxygens (including phenoxy) is 2. The van der Waals surface area contributed by atoms with E-state index in [1.807, 2.05) is 0 Å². The fourth-order valence-electron chi connectivity index (χ4n) is 0.810. The third kappa shape index (κ3) is 1.35. The maximum Gasteiger partial charge on any atom is 0.344 e. The number of carbonyl (C=O) groups is 1. The van der Waals surface area contributed by atoms with Gasteiger partial charge in [-0.2, -0.15) is 0 Å². The summed E-state index contributed by atoms with van der Waals surface area (Å²) in [6, 6.07) is 0. The molecular formula is C7H9NO3S. The lowest BCUT2D eigenvalue weighted by Gasteiger charge is -2.00. The van der Waals surface area contributed by atoms with Gasteiger partial charge in [0, 0.05) is 5.38 Å². The van der Waals surface area contributed by atoms with Crippen molar-refractivity contribution in [3.8, 4) is 5.75 Å². The van der Waals surface area contributed by atoms with Gasteiger partial charge in [0.15, 0.2) is 0 Å². The predicted molar refractivity (Wildman–Crippen MR) is 46.6 cm³/mol. The smallest absolute Gasteiger partial charge is 0.344 e. The molecule has 0 aliphatic carbocycles. The van der Waals surface area contributed by atoms with E-state index in [1.54, 1.807) is 5.38 Å². The van der Waals surface area contributed by atoms with Gasteiger partial charge in [0.1, 0.15) is 16.3 Å². The molecule has 66 valence electrons. The zero-order valence-electron chi connectivity index (χ0n) is 6.79. The number of nitrogens with two attached hydrogens (primary N) is 1. The van der Waals surface area contributed by atoms with E-state index < -0.39 is 5.97 Å². The normalized spacial score (nSPS) is 9.50. The SMILES string of the molecule is COC(=O)c1c(OC)csc1N. The number of anilines is 1. The number of rotatable bonds is 2. The molecule has 1 rings (SSSR count). The van der Waals surface area contributed by atoms with Crippen LogP contribution in [0, 0.1) is 0 Å². The highest BCUT2D eigenvalue weighted by atomic mass is 32.1. The third-order valence-electron chi connectivity index (χ3n) is 1.40. The summed E-state index contributed by atoms with van der Waals surface area (Å²) in [5.41, 5.74) is 5.84. The van der Waals surface area contributed by atoms with Crippen molar-refractivity contribution >= 4 is 22.3 Å². The van der Waals surface area contributed by atoms with Crippen molar-refractivity contribution in [1.82, 2.24) is 0 Å². The number of methoxy groups -OCH3 is 2. The summed E-state index contributed by atoms with van der Waals surface area (Å²) < 4.78 is 9.44. The molecule has 12 heavy (non-hydrogen) atoms. The molecule has 1 aromatic rings. The van der Waals surface area contributed by atoms with Crippen LogP contribution in [0.1, 0.15) is 10.4 Å². The molecule has 0 amide bonds. The number of nitrogen functional groups attached to an aromatic ring is 1. The molecule has 1 heterocycles. The molecule has 0 aliphatic rings. The van der Waals surface area contributed by atoms with Gasteiger partial charge in [0.05, 0.1) is 14.2 Å². The summed E-state index contributed by atoms with van der Waals surface area (Å²) in [5, 5.41) is 2.08. The second-order valence-corrected chi connectivity index (χ2v) is 2.95. The Bertz CT molecular complexity index is 295. The molecule has 4 nitrogen and oxygen atoms in total. The average molecular weight is 187 g/mol. The number of hydrogen-bond donors (Lipinski definition) is 1. The Hall–Kier alpha value is -1.23. The van der Waals surface area contributed by atoms with E-state index in [1.165, 1.54) is 25.6 Å². The van der Waals surface area contributed by atoms with Crippen molar-refractivity contribution in [3.63, 3.8) is 0 Å². The Morgan fingerprint density at radius 1 is 1.58 bits per heavy atom. The molecule has 0 aromatic carbocycles. The van der Waals surface area contributed by atoms with E-state index in [2.05, 4.69) is 4.74 Å². The van der Waals surface area contributed by atoms with Crippen LogP contribution in [0.5, 0.6) is 5.75 Å². The van der Waals surface area contributed by atoms with Gasteiger partial charge in [-0.3, -0.25) is 0 Å². The number of esters is 1. The van der Waals surface area contributed by atoms with E-state index in [-0.39, 0.29) is 0 Å². The minimum atomic E-state index is -0.467. The molecule has 0 aliphatic heterocycles. The Labute approximate surface area is 73.9 Å². The topological polar surface area (TPSA) is 61.5 Å². The molecule has 2 N–H and O–H groups in total. The van der Waals surface area contributed by atoms with Gasteiger partial charge >= 0.3 is 5.97 Å². The number of thiophene rings is 1. The van der Waals surface area contributed by atoms with Crippen LogP contribution < -0.4 is 10.5 Å². The minimum Gasteiger partial charge on any atom is -0.495 e. The second kappa shape index (κ2) is 3.44. The highest BCUT2D eigenvalue weighted by Gasteiger charge is 2.18. The molecule has 0 saturated heterocycles. The van der Waals surface area contributed by atoms with Crippen LogP contribution in [0.2, 0.25) is 0 Å². The van der Waals surface area contributed by atoms with E-state index in [0.717, 1.165) is 0 Å². The van der Waals surface area contributed by atoms with Crippen LogP contribution in [0.25, 0.3) is 0 Å². The third-order valence-corrected chi connectivity index (χ3v) is 2.19. The van der Waals surface area contributed by atoms with Crippen LogP contribution in [0.4, 0.5) is 5.00 Å². The summed E-state index contributed by atoms with van der Waals surface area (Å²) in [6.07, 6.45) is 0. The van der Waals surface area contributed by atoms with Crippen molar-refractivity contribution in [2.45, 2.75) is 0 Å². The van der Waals surface area contributed by atoms with Gasteiger partial charge in [-0.1, -0.05) is 0 Å². The molecular weight excluding hydrogens is 178 g/mol. The van der Waals surface area contributed by atoms with E-state index in [0.29, 0.717) is 16.3 Å². The first-order chi connectivity index (χ1) is 5.70. The zero-order valence-corrected chi connectivity index (χ0v) is 7.60. The van der Waals surface area contributed by atoms with Gasteiger partial charge in [-0.25, -0.2) is 4.79 Å². The lowest BCUT2D eigenvalue weighted by molar-refractivity contribution is 0.0599. The average Bonchev–Trinajstić information content (AvgIpc) is 2.45. The molecule has 0 radical (unpaired) electrons. The first-order valence-electron chi connectivity index (χ1n) is 3.20. The van der Waals surface area contributed by atoms with Gasteiger partial charge < -0.3 is 15.2 Å². The fraction of sp³-hybridized carbons (Fsp3) is 0.286. The standard InChI is InChI=1S/C7H9NO3S/c1-10-4-3-12-6(8)5(4)7(9)11-2/h3H,8H2,1-2H3. The van der Waals surface area contributed by atoms with E-state index in [4.69, 9.17) is 10.5 Å². The summed E-state index contributed by atoms with van der Waals surface area (Å²) in [6.45, 7) is 0. The molecule has 0 bridgehead atoms. The first-order valence-corrected chi connectivity index (χ1v) is 4.08. The molecule has 0 saturated carbocycles. The van der Waals surface area contributed by atoms with E-state index in [9.17, 15) is 4.79 Å². The lowest BCUT2D eigenvalue weighted by atomic mass is 10.3. The van der Waals surface area contributed by atoms with Gasteiger partial charge in [-0.15, -0.1) is 11.3 Å². The number of hydrogen-bond acceptors (Lipinski definition) is 5. The van der Waals surface area contributed by atoms with E-state index >= 15 is 0 Å². The molecule has 0 spiro atoms. The Balaban J connectivity index is 3.10. The Kier molecular flexibility index (Phi) is 2.54. The lowest BCUT2D eigenvalue weighted by Crippen LogP contribution is -2.04. The largest absolute Gasteiger partial charge is 0.495 e. The van der Waals surface area contributed by atoms with Crippen molar-refractivity contribution in [1.29, 1.82) is 0 Å². The molecule has 5 heteroatoms. The zero-order chi connectivity index (χ0) is 9.14. The van der Waals surface area contributed by atoms with Crippen molar-refractivity contribution in [2.75, 3.05) is 20.0 Å². The maximum atomic E-state index is 11.1. The fourth-order valence-corrected chi connectivity index (χ4v) is 1.56. The van der Waals surface area contributed by atoms with Crippen molar-refractivity contribution in [2.24, 2.45) is 0 Å². The highest BCUT2D eigenvalue weighted by Crippen LogP contribution is 2.31. The summed E-state index contributed by atoms with van der Waals surface area (Å²) in [4.78, 5) is 11.1. The van der Waals surface area contributed by atoms with Crippen molar-refractivity contribution < 1.29 is 14.3 Å². The van der Waals surface area contributed by atoms with Gasteiger partial charge in [-0.05, 0) is 0 Å². The van der Waals surface area contributed by atoms with Crippen LogP contribution in [0.3, 0.4) is 0 Å². The minimum absolute atomic E-state index is 0.310. The van der Waals surface area contributed by atoms with Crippen LogP contribution in [-0.2, 0) is 4.74 Å². The quantitative estimate of drug-likeness (QED) is 0.705. The first kappa shape index (κ1) is 8.86. The summed E-state index contributed by atoms with van der Waals surface area (Å²) >= 11 is 1.25. The van der Waals surface area contributed by atoms with Crippen LogP contribution in [0.15, 0.2) is 5.38 Å².